The maximum absolute atomic E-state index is 12.6. The first-order valence-corrected chi connectivity index (χ1v) is 8.23. The van der Waals surface area contributed by atoms with Gasteiger partial charge in [0.2, 0.25) is 0 Å². The van der Waals surface area contributed by atoms with Crippen LogP contribution in [-0.2, 0) is 0 Å². The smallest absolute Gasteiger partial charge is 0.286 e. The summed E-state index contributed by atoms with van der Waals surface area (Å²) in [5.41, 5.74) is 1.28. The minimum absolute atomic E-state index is 0.0985. The van der Waals surface area contributed by atoms with Gasteiger partial charge in [-0.1, -0.05) is 26.0 Å². The predicted molar refractivity (Wildman–Crippen MR) is 99.3 cm³/mol. The number of ether oxygens (including phenoxy) is 2. The van der Waals surface area contributed by atoms with Crippen LogP contribution in [0, 0.1) is 10.1 Å². The summed E-state index contributed by atoms with van der Waals surface area (Å²) in [4.78, 5) is 23.3. The summed E-state index contributed by atoms with van der Waals surface area (Å²) in [5.74, 6) is 0.268. The molecule has 0 radical (unpaired) electrons. The topological polar surface area (TPSA) is 90.7 Å². The van der Waals surface area contributed by atoms with Gasteiger partial charge in [0.25, 0.3) is 11.6 Å². The molecule has 1 atom stereocenters. The molecule has 26 heavy (non-hydrogen) atoms. The van der Waals surface area contributed by atoms with Gasteiger partial charge in [0.15, 0.2) is 11.5 Å². The van der Waals surface area contributed by atoms with Gasteiger partial charge in [0.05, 0.1) is 25.2 Å². The van der Waals surface area contributed by atoms with Crippen molar-refractivity contribution in [1.29, 1.82) is 0 Å². The second-order valence-electron chi connectivity index (χ2n) is 5.87. The molecule has 1 N–H and O–H groups in total. The van der Waals surface area contributed by atoms with Gasteiger partial charge in [-0.05, 0) is 30.0 Å². The van der Waals surface area contributed by atoms with Crippen LogP contribution in [0.25, 0.3) is 0 Å². The molecule has 0 aliphatic heterocycles. The van der Waals surface area contributed by atoms with Gasteiger partial charge in [-0.3, -0.25) is 14.9 Å². The van der Waals surface area contributed by atoms with E-state index in [2.05, 4.69) is 19.2 Å². The highest BCUT2D eigenvalue weighted by atomic mass is 16.6. The molecular formula is C19H22N2O5. The standard InChI is InChI=1S/C19H22N2O5/c1-5-12(2)13-6-8-14(9-7-13)20-19(22)15-10-17(25-3)18(26-4)11-16(15)21(23)24/h6-12H,5H2,1-4H3,(H,20,22)/t12-/m1/s1. The van der Waals surface area contributed by atoms with Gasteiger partial charge in [-0.2, -0.15) is 0 Å². The van der Waals surface area contributed by atoms with Crippen molar-refractivity contribution in [2.75, 3.05) is 19.5 Å². The Labute approximate surface area is 152 Å². The van der Waals surface area contributed by atoms with Crippen molar-refractivity contribution in [2.24, 2.45) is 0 Å². The summed E-state index contributed by atoms with van der Waals surface area (Å²) < 4.78 is 10.2. The summed E-state index contributed by atoms with van der Waals surface area (Å²) in [6, 6.07) is 9.93. The highest BCUT2D eigenvalue weighted by Gasteiger charge is 2.24. The molecule has 2 aromatic carbocycles. The van der Waals surface area contributed by atoms with Crippen molar-refractivity contribution >= 4 is 17.3 Å². The zero-order valence-corrected chi connectivity index (χ0v) is 15.2. The fourth-order valence-electron chi connectivity index (χ4n) is 2.53. The van der Waals surface area contributed by atoms with Crippen LogP contribution in [0.3, 0.4) is 0 Å². The summed E-state index contributed by atoms with van der Waals surface area (Å²) in [6.07, 6.45) is 1.02. The summed E-state index contributed by atoms with van der Waals surface area (Å²) in [5, 5.41) is 14.0. The maximum Gasteiger partial charge on any atom is 0.286 e. The second-order valence-corrected chi connectivity index (χ2v) is 5.87. The molecule has 0 unspecified atom stereocenters. The number of hydrogen-bond acceptors (Lipinski definition) is 5. The third kappa shape index (κ3) is 4.11. The van der Waals surface area contributed by atoms with E-state index in [1.165, 1.54) is 31.9 Å². The van der Waals surface area contributed by atoms with Gasteiger partial charge >= 0.3 is 0 Å². The molecule has 0 saturated heterocycles. The number of nitro benzene ring substituents is 1. The van der Waals surface area contributed by atoms with Crippen LogP contribution in [0.2, 0.25) is 0 Å². The lowest BCUT2D eigenvalue weighted by molar-refractivity contribution is -0.385. The number of amides is 1. The fraction of sp³-hybridized carbons (Fsp3) is 0.316. The van der Waals surface area contributed by atoms with Crippen molar-refractivity contribution < 1.29 is 19.2 Å². The number of anilines is 1. The SMILES string of the molecule is CC[C@@H](C)c1ccc(NC(=O)c2cc(OC)c(OC)cc2[N+](=O)[O-])cc1. The van der Waals surface area contributed by atoms with Crippen molar-refractivity contribution in [3.8, 4) is 11.5 Å². The van der Waals surface area contributed by atoms with E-state index in [9.17, 15) is 14.9 Å². The zero-order valence-electron chi connectivity index (χ0n) is 15.2. The number of nitrogens with zero attached hydrogens (tertiary/aromatic N) is 1. The number of nitrogens with one attached hydrogen (secondary N) is 1. The number of carbonyl (C=O) groups is 1. The molecule has 7 nitrogen and oxygen atoms in total. The van der Waals surface area contributed by atoms with Crippen LogP contribution in [0.1, 0.15) is 42.1 Å². The molecular weight excluding hydrogens is 336 g/mol. The Balaban J connectivity index is 2.32. The van der Waals surface area contributed by atoms with Crippen LogP contribution in [0.15, 0.2) is 36.4 Å². The highest BCUT2D eigenvalue weighted by Crippen LogP contribution is 2.34. The molecule has 0 aliphatic rings. The third-order valence-corrected chi connectivity index (χ3v) is 4.29. The fourth-order valence-corrected chi connectivity index (χ4v) is 2.53. The summed E-state index contributed by atoms with van der Waals surface area (Å²) in [7, 11) is 2.78. The number of hydrogen-bond donors (Lipinski definition) is 1. The van der Waals surface area contributed by atoms with Crippen LogP contribution in [0.5, 0.6) is 11.5 Å². The number of carbonyl (C=O) groups excluding carboxylic acids is 1. The van der Waals surface area contributed by atoms with E-state index in [0.29, 0.717) is 11.6 Å². The molecule has 1 amide bonds. The Morgan fingerprint density at radius 3 is 2.23 bits per heavy atom. The average Bonchev–Trinajstić information content (AvgIpc) is 2.66. The van der Waals surface area contributed by atoms with Crippen molar-refractivity contribution in [1.82, 2.24) is 0 Å². The van der Waals surface area contributed by atoms with E-state index in [1.807, 2.05) is 12.1 Å². The van der Waals surface area contributed by atoms with Crippen LogP contribution < -0.4 is 14.8 Å². The Morgan fingerprint density at radius 1 is 1.15 bits per heavy atom. The van der Waals surface area contributed by atoms with E-state index in [4.69, 9.17) is 9.47 Å². The quantitative estimate of drug-likeness (QED) is 0.586. The molecule has 0 heterocycles. The van der Waals surface area contributed by atoms with E-state index in [1.54, 1.807) is 12.1 Å². The first kappa shape index (κ1) is 19.2. The second kappa shape index (κ2) is 8.33. The Kier molecular flexibility index (Phi) is 6.16. The summed E-state index contributed by atoms with van der Waals surface area (Å²) in [6.45, 7) is 4.23. The van der Waals surface area contributed by atoms with Crippen molar-refractivity contribution in [2.45, 2.75) is 26.2 Å². The molecule has 0 saturated carbocycles. The highest BCUT2D eigenvalue weighted by molar-refractivity contribution is 6.07. The first-order chi connectivity index (χ1) is 12.4. The van der Waals surface area contributed by atoms with E-state index in [-0.39, 0.29) is 22.7 Å². The predicted octanol–water partition coefficient (Wildman–Crippen LogP) is 4.38. The van der Waals surface area contributed by atoms with Crippen LogP contribution in [0.4, 0.5) is 11.4 Å². The van der Waals surface area contributed by atoms with E-state index < -0.39 is 10.8 Å². The molecule has 2 rings (SSSR count). The van der Waals surface area contributed by atoms with Crippen molar-refractivity contribution in [3.05, 3.63) is 57.6 Å². The molecule has 138 valence electrons. The minimum atomic E-state index is -0.622. The van der Waals surface area contributed by atoms with Gasteiger partial charge in [0.1, 0.15) is 5.56 Å². The van der Waals surface area contributed by atoms with E-state index >= 15 is 0 Å². The van der Waals surface area contributed by atoms with Gasteiger partial charge < -0.3 is 14.8 Å². The number of benzene rings is 2. The van der Waals surface area contributed by atoms with Crippen LogP contribution in [-0.4, -0.2) is 25.1 Å². The lowest BCUT2D eigenvalue weighted by Crippen LogP contribution is -2.14. The number of nitro groups is 1. The maximum atomic E-state index is 12.6. The molecule has 2 aromatic rings. The Hall–Kier alpha value is -3.09. The molecule has 0 fully saturated rings. The van der Waals surface area contributed by atoms with Gasteiger partial charge in [-0.25, -0.2) is 0 Å². The normalized spacial score (nSPS) is 11.5. The van der Waals surface area contributed by atoms with E-state index in [0.717, 1.165) is 6.42 Å². The monoisotopic (exact) mass is 358 g/mol. The van der Waals surface area contributed by atoms with Gasteiger partial charge in [-0.15, -0.1) is 0 Å². The third-order valence-electron chi connectivity index (χ3n) is 4.29. The largest absolute Gasteiger partial charge is 0.493 e. The zero-order chi connectivity index (χ0) is 19.3. The first-order valence-electron chi connectivity index (χ1n) is 8.23. The lowest BCUT2D eigenvalue weighted by atomic mass is 9.98. The van der Waals surface area contributed by atoms with Crippen molar-refractivity contribution in [3.63, 3.8) is 0 Å². The average molecular weight is 358 g/mol. The molecule has 0 aliphatic carbocycles. The lowest BCUT2D eigenvalue weighted by Gasteiger charge is -2.12. The van der Waals surface area contributed by atoms with Gasteiger partial charge in [0, 0.05) is 11.8 Å². The number of methoxy groups -OCH3 is 2. The minimum Gasteiger partial charge on any atom is -0.493 e. The number of rotatable bonds is 7. The Bertz CT molecular complexity index is 802. The van der Waals surface area contributed by atoms with Crippen LogP contribution >= 0.6 is 0 Å². The molecule has 0 spiro atoms. The molecule has 7 heteroatoms. The summed E-state index contributed by atoms with van der Waals surface area (Å²) >= 11 is 0. The Morgan fingerprint density at radius 2 is 1.73 bits per heavy atom. The molecule has 0 bridgehead atoms. The molecule has 0 aromatic heterocycles.